The molecule has 1 atom stereocenters. The minimum Gasteiger partial charge on any atom is -0.318 e. The van der Waals surface area contributed by atoms with Crippen LogP contribution in [-0.2, 0) is 10.3 Å². The molecule has 0 aliphatic carbocycles. The number of aromatic nitrogens is 1. The number of ketones is 1. The number of halogens is 1. The van der Waals surface area contributed by atoms with Crippen molar-refractivity contribution < 1.29 is 14.4 Å². The summed E-state index contributed by atoms with van der Waals surface area (Å²) in [5.41, 5.74) is -0.477. The Balaban J connectivity index is 1.82. The van der Waals surface area contributed by atoms with Crippen LogP contribution in [0.3, 0.4) is 0 Å². The number of hydrogen-bond acceptors (Lipinski definition) is 4. The lowest BCUT2D eigenvalue weighted by molar-refractivity contribution is -0.130. The van der Waals surface area contributed by atoms with E-state index in [1.807, 2.05) is 0 Å². The van der Waals surface area contributed by atoms with Gasteiger partial charge in [-0.3, -0.25) is 19.5 Å². The van der Waals surface area contributed by atoms with Gasteiger partial charge in [0.25, 0.3) is 5.91 Å². The first-order valence-corrected chi connectivity index (χ1v) is 7.64. The van der Waals surface area contributed by atoms with E-state index in [1.165, 1.54) is 0 Å². The van der Waals surface area contributed by atoms with Gasteiger partial charge in [-0.1, -0.05) is 17.7 Å². The zero-order valence-electron chi connectivity index (χ0n) is 12.8. The topological polar surface area (TPSA) is 79.4 Å². The predicted molar refractivity (Wildman–Crippen MR) is 87.6 cm³/mol. The van der Waals surface area contributed by atoms with Crippen molar-refractivity contribution in [2.24, 2.45) is 0 Å². The monoisotopic (exact) mass is 343 g/mol. The molecule has 0 bridgehead atoms. The fourth-order valence-electron chi connectivity index (χ4n) is 2.54. The summed E-state index contributed by atoms with van der Waals surface area (Å²) >= 11 is 5.79. The Bertz CT molecular complexity index is 808. The number of imide groups is 1. The van der Waals surface area contributed by atoms with E-state index in [-0.39, 0.29) is 12.3 Å². The number of hydrogen-bond donors (Lipinski definition) is 1. The Labute approximate surface area is 143 Å². The van der Waals surface area contributed by atoms with Crippen molar-refractivity contribution in [2.45, 2.75) is 12.5 Å². The number of benzene rings is 1. The minimum atomic E-state index is -1.28. The summed E-state index contributed by atoms with van der Waals surface area (Å²) in [7, 11) is 0. The van der Waals surface area contributed by atoms with Crippen LogP contribution >= 0.6 is 11.6 Å². The third-order valence-electron chi connectivity index (χ3n) is 3.92. The van der Waals surface area contributed by atoms with Crippen molar-refractivity contribution in [3.05, 3.63) is 64.9 Å². The molecule has 0 saturated carbocycles. The maximum Gasteiger partial charge on any atom is 0.325 e. The van der Waals surface area contributed by atoms with E-state index in [0.717, 1.165) is 4.90 Å². The number of amides is 3. The predicted octanol–water partition coefficient (Wildman–Crippen LogP) is 2.38. The third kappa shape index (κ3) is 2.76. The van der Waals surface area contributed by atoms with Gasteiger partial charge in [-0.05, 0) is 43.3 Å². The van der Waals surface area contributed by atoms with Gasteiger partial charge in [-0.25, -0.2) is 4.79 Å². The molecule has 1 aliphatic heterocycles. The van der Waals surface area contributed by atoms with Crippen LogP contribution in [0.25, 0.3) is 0 Å². The number of rotatable bonds is 4. The molecule has 1 aromatic heterocycles. The second-order valence-corrected chi connectivity index (χ2v) is 6.03. The highest BCUT2D eigenvalue weighted by atomic mass is 35.5. The zero-order chi connectivity index (χ0) is 17.3. The van der Waals surface area contributed by atoms with Crippen LogP contribution in [0.1, 0.15) is 23.0 Å². The summed E-state index contributed by atoms with van der Waals surface area (Å²) < 4.78 is 0. The van der Waals surface area contributed by atoms with Crippen molar-refractivity contribution in [1.29, 1.82) is 0 Å². The molecule has 0 radical (unpaired) electrons. The number of carbonyl (C=O) groups excluding carboxylic acids is 3. The van der Waals surface area contributed by atoms with Crippen LogP contribution in [0.4, 0.5) is 4.79 Å². The molecule has 0 spiro atoms. The molecule has 6 nitrogen and oxygen atoms in total. The molecule has 2 heterocycles. The smallest absolute Gasteiger partial charge is 0.318 e. The van der Waals surface area contributed by atoms with Crippen LogP contribution < -0.4 is 5.32 Å². The van der Waals surface area contributed by atoms with E-state index < -0.39 is 17.5 Å². The van der Waals surface area contributed by atoms with Gasteiger partial charge in [0, 0.05) is 16.8 Å². The summed E-state index contributed by atoms with van der Waals surface area (Å²) in [6, 6.07) is 10.8. The molecule has 1 unspecified atom stereocenters. The lowest BCUT2D eigenvalue weighted by Crippen LogP contribution is -2.42. The molecule has 1 aromatic carbocycles. The second-order valence-electron chi connectivity index (χ2n) is 5.59. The molecule has 24 heavy (non-hydrogen) atoms. The fourth-order valence-corrected chi connectivity index (χ4v) is 2.67. The van der Waals surface area contributed by atoms with Gasteiger partial charge in [0.05, 0.1) is 12.2 Å². The van der Waals surface area contributed by atoms with E-state index in [0.29, 0.717) is 16.3 Å². The van der Waals surface area contributed by atoms with Crippen molar-refractivity contribution in [2.75, 3.05) is 6.54 Å². The van der Waals surface area contributed by atoms with Gasteiger partial charge in [0.1, 0.15) is 0 Å². The van der Waals surface area contributed by atoms with Gasteiger partial charge in [-0.15, -0.1) is 0 Å². The second kappa shape index (κ2) is 6.05. The molecule has 2 aromatic rings. The maximum absolute atomic E-state index is 12.7. The molecule has 7 heteroatoms. The number of urea groups is 1. The molecule has 1 N–H and O–H groups in total. The molecule has 1 saturated heterocycles. The first kappa shape index (κ1) is 16.1. The number of Topliss-reactive ketones (excluding diaryl/α,β-unsaturated/α-hetero) is 1. The van der Waals surface area contributed by atoms with Gasteiger partial charge in [-0.2, -0.15) is 0 Å². The van der Waals surface area contributed by atoms with Crippen LogP contribution in [0.2, 0.25) is 5.02 Å². The first-order chi connectivity index (χ1) is 11.4. The Morgan fingerprint density at radius 2 is 1.92 bits per heavy atom. The Morgan fingerprint density at radius 3 is 2.54 bits per heavy atom. The van der Waals surface area contributed by atoms with Crippen molar-refractivity contribution >= 4 is 29.3 Å². The number of nitrogens with one attached hydrogen (secondary N) is 1. The largest absolute Gasteiger partial charge is 0.325 e. The summed E-state index contributed by atoms with van der Waals surface area (Å²) in [6.07, 6.45) is 1.54. The average Bonchev–Trinajstić information content (AvgIpc) is 2.80. The molecular weight excluding hydrogens is 330 g/mol. The first-order valence-electron chi connectivity index (χ1n) is 7.26. The number of nitrogens with zero attached hydrogens (tertiary/aromatic N) is 2. The molecule has 3 amide bonds. The SMILES string of the molecule is CC1(c2ccccn2)NC(=O)N(CC(=O)c2ccc(Cl)cc2)C1=O. The van der Waals surface area contributed by atoms with Gasteiger partial charge < -0.3 is 5.32 Å². The summed E-state index contributed by atoms with van der Waals surface area (Å²) in [4.78, 5) is 42.2. The van der Waals surface area contributed by atoms with E-state index in [1.54, 1.807) is 55.6 Å². The molecule has 122 valence electrons. The maximum atomic E-state index is 12.7. The highest BCUT2D eigenvalue weighted by Crippen LogP contribution is 2.27. The lowest BCUT2D eigenvalue weighted by Gasteiger charge is -2.20. The Kier molecular flexibility index (Phi) is 4.07. The number of pyridine rings is 1. The molecule has 1 fully saturated rings. The highest BCUT2D eigenvalue weighted by molar-refractivity contribution is 6.30. The van der Waals surface area contributed by atoms with Crippen molar-refractivity contribution in [3.63, 3.8) is 0 Å². The summed E-state index contributed by atoms with van der Waals surface area (Å²) in [5.74, 6) is -0.853. The van der Waals surface area contributed by atoms with Crippen LogP contribution in [0.15, 0.2) is 48.7 Å². The minimum absolute atomic E-state index is 0.339. The van der Waals surface area contributed by atoms with E-state index in [9.17, 15) is 14.4 Å². The Morgan fingerprint density at radius 1 is 1.21 bits per heavy atom. The quantitative estimate of drug-likeness (QED) is 0.683. The van der Waals surface area contributed by atoms with Crippen LogP contribution in [0, 0.1) is 0 Å². The van der Waals surface area contributed by atoms with Gasteiger partial charge >= 0.3 is 6.03 Å². The molecule has 3 rings (SSSR count). The zero-order valence-corrected chi connectivity index (χ0v) is 13.6. The highest BCUT2D eigenvalue weighted by Gasteiger charge is 2.50. The van der Waals surface area contributed by atoms with Gasteiger partial charge in [0.2, 0.25) is 0 Å². The molecular formula is C17H14ClN3O3. The average molecular weight is 344 g/mol. The lowest BCUT2D eigenvalue weighted by atomic mass is 9.97. The summed E-state index contributed by atoms with van der Waals surface area (Å²) in [6.45, 7) is 1.23. The van der Waals surface area contributed by atoms with Crippen molar-refractivity contribution in [1.82, 2.24) is 15.2 Å². The van der Waals surface area contributed by atoms with E-state index in [2.05, 4.69) is 10.3 Å². The van der Waals surface area contributed by atoms with E-state index in [4.69, 9.17) is 11.6 Å². The fraction of sp³-hybridized carbons (Fsp3) is 0.176. The standard InChI is InChI=1S/C17H14ClN3O3/c1-17(14-4-2-3-9-19-14)15(23)21(16(24)20-17)10-13(22)11-5-7-12(18)8-6-11/h2-9H,10H2,1H3,(H,20,24). The van der Waals surface area contributed by atoms with Crippen LogP contribution in [-0.4, -0.2) is 34.2 Å². The normalized spacial score (nSPS) is 20.2. The number of carbonyl (C=O) groups is 3. The van der Waals surface area contributed by atoms with Gasteiger partial charge in [0.15, 0.2) is 11.3 Å². The Hall–Kier alpha value is -2.73. The van der Waals surface area contributed by atoms with Crippen molar-refractivity contribution in [3.8, 4) is 0 Å². The van der Waals surface area contributed by atoms with Crippen LogP contribution in [0.5, 0.6) is 0 Å². The molecule has 1 aliphatic rings. The van der Waals surface area contributed by atoms with E-state index >= 15 is 0 Å². The summed E-state index contributed by atoms with van der Waals surface area (Å²) in [5, 5.41) is 3.12. The third-order valence-corrected chi connectivity index (χ3v) is 4.17.